The Labute approximate surface area is 93.5 Å². The first-order valence-corrected chi connectivity index (χ1v) is 5.63. The lowest BCUT2D eigenvalue weighted by Crippen LogP contribution is -2.54. The fourth-order valence-electron chi connectivity index (χ4n) is 2.18. The van der Waals surface area contributed by atoms with Gasteiger partial charge in [-0.3, -0.25) is 9.69 Å². The second kappa shape index (κ2) is 4.45. The molecule has 0 heterocycles. The molecule has 0 spiro atoms. The van der Waals surface area contributed by atoms with E-state index in [1.807, 2.05) is 11.9 Å². The minimum absolute atomic E-state index is 0.203. The molecule has 1 aliphatic rings. The van der Waals surface area contributed by atoms with Crippen molar-refractivity contribution >= 4 is 21.8 Å². The zero-order chi connectivity index (χ0) is 10.8. The monoisotopic (exact) mass is 260 g/mol. The smallest absolute Gasteiger partial charge is 0.237 e. The van der Waals surface area contributed by atoms with E-state index in [4.69, 9.17) is 5.73 Å². The summed E-state index contributed by atoms with van der Waals surface area (Å²) in [6.07, 6.45) is 3.92. The Morgan fingerprint density at radius 1 is 1.57 bits per heavy atom. The van der Waals surface area contributed by atoms with Gasteiger partial charge in [0.2, 0.25) is 5.91 Å². The highest BCUT2D eigenvalue weighted by Crippen LogP contribution is 2.34. The van der Waals surface area contributed by atoms with Crippen LogP contribution < -0.4 is 5.73 Å². The fourth-order valence-corrected chi connectivity index (χ4v) is 2.56. The van der Waals surface area contributed by atoms with Crippen molar-refractivity contribution in [1.82, 2.24) is 4.90 Å². The molecule has 1 fully saturated rings. The third-order valence-electron chi connectivity index (χ3n) is 3.03. The minimum atomic E-state index is -0.434. The van der Waals surface area contributed by atoms with Crippen LogP contribution >= 0.6 is 15.9 Å². The maximum absolute atomic E-state index is 11.5. The van der Waals surface area contributed by atoms with E-state index in [2.05, 4.69) is 22.5 Å². The molecule has 0 aliphatic heterocycles. The van der Waals surface area contributed by atoms with Crippen LogP contribution in [0.1, 0.15) is 25.7 Å². The minimum Gasteiger partial charge on any atom is -0.368 e. The van der Waals surface area contributed by atoms with E-state index in [-0.39, 0.29) is 5.91 Å². The van der Waals surface area contributed by atoms with Gasteiger partial charge >= 0.3 is 0 Å². The van der Waals surface area contributed by atoms with Crippen molar-refractivity contribution < 1.29 is 4.79 Å². The summed E-state index contributed by atoms with van der Waals surface area (Å²) in [7, 11) is 1.93. The van der Waals surface area contributed by atoms with E-state index >= 15 is 0 Å². The summed E-state index contributed by atoms with van der Waals surface area (Å²) < 4.78 is 0.882. The molecule has 0 saturated heterocycles. The number of carbonyl (C=O) groups is 1. The molecule has 1 aliphatic carbocycles. The number of halogens is 1. The van der Waals surface area contributed by atoms with Gasteiger partial charge in [0.05, 0.1) is 0 Å². The van der Waals surface area contributed by atoms with Crippen molar-refractivity contribution in [2.75, 3.05) is 13.6 Å². The summed E-state index contributed by atoms with van der Waals surface area (Å²) in [5, 5.41) is 0. The number of hydrogen-bond donors (Lipinski definition) is 1. The maximum Gasteiger partial charge on any atom is 0.237 e. The van der Waals surface area contributed by atoms with Crippen LogP contribution in [0.3, 0.4) is 0 Å². The highest BCUT2D eigenvalue weighted by Gasteiger charge is 2.42. The predicted molar refractivity (Wildman–Crippen MR) is 61.1 cm³/mol. The highest BCUT2D eigenvalue weighted by molar-refractivity contribution is 9.11. The van der Waals surface area contributed by atoms with Crippen molar-refractivity contribution in [2.24, 2.45) is 5.73 Å². The lowest BCUT2D eigenvalue weighted by Gasteiger charge is -2.35. The Morgan fingerprint density at radius 3 is 2.43 bits per heavy atom. The van der Waals surface area contributed by atoms with E-state index in [1.54, 1.807) is 0 Å². The molecule has 0 bridgehead atoms. The predicted octanol–water partition coefficient (Wildman–Crippen LogP) is 1.62. The van der Waals surface area contributed by atoms with Crippen LogP contribution in [-0.2, 0) is 4.79 Å². The van der Waals surface area contributed by atoms with Crippen LogP contribution in [0, 0.1) is 0 Å². The summed E-state index contributed by atoms with van der Waals surface area (Å²) in [6, 6.07) is 0. The zero-order valence-corrected chi connectivity index (χ0v) is 10.1. The number of hydrogen-bond acceptors (Lipinski definition) is 2. The molecule has 0 aromatic rings. The average Bonchev–Trinajstić information content (AvgIpc) is 2.51. The van der Waals surface area contributed by atoms with E-state index in [9.17, 15) is 4.79 Å². The largest absolute Gasteiger partial charge is 0.368 e. The Hall–Kier alpha value is -0.350. The first-order chi connectivity index (χ1) is 6.49. The Bertz CT molecular complexity index is 247. The molecular weight excluding hydrogens is 244 g/mol. The number of rotatable bonds is 4. The number of primary amides is 1. The number of carbonyl (C=O) groups excluding carboxylic acids is 1. The van der Waals surface area contributed by atoms with Gasteiger partial charge in [0.15, 0.2) is 0 Å². The second-order valence-electron chi connectivity index (χ2n) is 3.98. The van der Waals surface area contributed by atoms with Gasteiger partial charge in [0.25, 0.3) is 0 Å². The van der Waals surface area contributed by atoms with E-state index in [1.165, 1.54) is 0 Å². The summed E-state index contributed by atoms with van der Waals surface area (Å²) in [5.74, 6) is -0.203. The van der Waals surface area contributed by atoms with Gasteiger partial charge < -0.3 is 5.73 Å². The number of likely N-dealkylation sites (N-methyl/N-ethyl adjacent to an activating group) is 1. The molecule has 0 unspecified atom stereocenters. The molecule has 1 rings (SSSR count). The fraction of sp³-hybridized carbons (Fsp3) is 0.700. The van der Waals surface area contributed by atoms with Crippen LogP contribution in [0.15, 0.2) is 11.1 Å². The Morgan fingerprint density at radius 2 is 2.07 bits per heavy atom. The molecule has 80 valence electrons. The van der Waals surface area contributed by atoms with Gasteiger partial charge in [-0.25, -0.2) is 0 Å². The van der Waals surface area contributed by atoms with Crippen LogP contribution in [0.2, 0.25) is 0 Å². The molecular formula is C10H17BrN2O. The van der Waals surface area contributed by atoms with E-state index < -0.39 is 5.54 Å². The third-order valence-corrected chi connectivity index (χ3v) is 3.28. The SMILES string of the molecule is C=C(Br)CN(C)C1(C(N)=O)CCCC1. The topological polar surface area (TPSA) is 46.3 Å². The lowest BCUT2D eigenvalue weighted by atomic mass is 9.95. The molecule has 0 radical (unpaired) electrons. The Kier molecular flexibility index (Phi) is 3.72. The third kappa shape index (κ3) is 2.17. The van der Waals surface area contributed by atoms with Gasteiger partial charge in [-0.05, 0) is 19.9 Å². The van der Waals surface area contributed by atoms with Crippen molar-refractivity contribution in [3.63, 3.8) is 0 Å². The van der Waals surface area contributed by atoms with Gasteiger partial charge in [0.1, 0.15) is 5.54 Å². The second-order valence-corrected chi connectivity index (χ2v) is 5.10. The van der Waals surface area contributed by atoms with Crippen molar-refractivity contribution in [2.45, 2.75) is 31.2 Å². The first-order valence-electron chi connectivity index (χ1n) is 4.83. The molecule has 0 aromatic carbocycles. The molecule has 3 nitrogen and oxygen atoms in total. The van der Waals surface area contributed by atoms with Crippen molar-refractivity contribution in [1.29, 1.82) is 0 Å². The molecule has 0 aromatic heterocycles. The maximum atomic E-state index is 11.5. The molecule has 14 heavy (non-hydrogen) atoms. The molecule has 0 atom stereocenters. The summed E-state index contributed by atoms with van der Waals surface area (Å²) in [5.41, 5.74) is 5.05. The summed E-state index contributed by atoms with van der Waals surface area (Å²) in [6.45, 7) is 4.45. The van der Waals surface area contributed by atoms with Gasteiger partial charge in [-0.2, -0.15) is 0 Å². The number of nitrogens with two attached hydrogens (primary N) is 1. The standard InChI is InChI=1S/C10H17BrN2O/c1-8(11)7-13(2)10(9(12)14)5-3-4-6-10/h1,3-7H2,2H3,(H2,12,14). The van der Waals surface area contributed by atoms with Gasteiger partial charge in [0, 0.05) is 11.0 Å². The van der Waals surface area contributed by atoms with Crippen LogP contribution in [0.5, 0.6) is 0 Å². The van der Waals surface area contributed by atoms with Gasteiger partial charge in [-0.1, -0.05) is 35.4 Å². The van der Waals surface area contributed by atoms with E-state index in [0.717, 1.165) is 30.2 Å². The van der Waals surface area contributed by atoms with E-state index in [0.29, 0.717) is 6.54 Å². The highest BCUT2D eigenvalue weighted by atomic mass is 79.9. The van der Waals surface area contributed by atoms with Crippen LogP contribution in [0.4, 0.5) is 0 Å². The Balaban J connectivity index is 2.77. The molecule has 1 saturated carbocycles. The molecule has 1 amide bonds. The molecule has 2 N–H and O–H groups in total. The van der Waals surface area contributed by atoms with Crippen LogP contribution in [-0.4, -0.2) is 29.9 Å². The summed E-state index contributed by atoms with van der Waals surface area (Å²) in [4.78, 5) is 13.5. The van der Waals surface area contributed by atoms with Crippen molar-refractivity contribution in [3.05, 3.63) is 11.1 Å². The quantitative estimate of drug-likeness (QED) is 0.836. The molecule has 4 heteroatoms. The van der Waals surface area contributed by atoms with Crippen molar-refractivity contribution in [3.8, 4) is 0 Å². The zero-order valence-electron chi connectivity index (χ0n) is 8.55. The van der Waals surface area contributed by atoms with Gasteiger partial charge in [-0.15, -0.1) is 0 Å². The summed E-state index contributed by atoms with van der Waals surface area (Å²) >= 11 is 3.31. The number of nitrogens with zero attached hydrogens (tertiary/aromatic N) is 1. The number of amides is 1. The lowest BCUT2D eigenvalue weighted by molar-refractivity contribution is -0.128. The first kappa shape index (κ1) is 11.7. The average molecular weight is 261 g/mol. The van der Waals surface area contributed by atoms with Crippen LogP contribution in [0.25, 0.3) is 0 Å². The normalized spacial score (nSPS) is 19.9.